The van der Waals surface area contributed by atoms with Crippen molar-refractivity contribution in [3.63, 3.8) is 0 Å². The molecule has 1 aliphatic rings. The van der Waals surface area contributed by atoms with Gasteiger partial charge < -0.3 is 0 Å². The van der Waals surface area contributed by atoms with Crippen molar-refractivity contribution in [3.8, 4) is 0 Å². The van der Waals surface area contributed by atoms with Gasteiger partial charge in [-0.3, -0.25) is 4.79 Å². The SMILES string of the molecule is CC(=O)c1cccc(S(=O)(=O)N2CCC(c3nn4cnnc4s3)CC2)c1. The number of hydrogen-bond donors (Lipinski definition) is 0. The molecule has 0 spiro atoms. The summed E-state index contributed by atoms with van der Waals surface area (Å²) < 4.78 is 28.9. The highest BCUT2D eigenvalue weighted by molar-refractivity contribution is 7.89. The number of hydrogen-bond acceptors (Lipinski definition) is 7. The van der Waals surface area contributed by atoms with E-state index in [-0.39, 0.29) is 16.6 Å². The van der Waals surface area contributed by atoms with E-state index in [4.69, 9.17) is 0 Å². The fraction of sp³-hybridized carbons (Fsp3) is 0.375. The molecule has 3 heterocycles. The van der Waals surface area contributed by atoms with Crippen LogP contribution in [-0.4, -0.2) is 51.4 Å². The van der Waals surface area contributed by atoms with Crippen LogP contribution in [0.4, 0.5) is 0 Å². The number of carbonyl (C=O) groups is 1. The van der Waals surface area contributed by atoms with Gasteiger partial charge >= 0.3 is 0 Å². The summed E-state index contributed by atoms with van der Waals surface area (Å²) in [4.78, 5) is 12.4. The molecule has 1 saturated heterocycles. The molecule has 3 aromatic rings. The molecule has 2 aromatic heterocycles. The van der Waals surface area contributed by atoms with Gasteiger partial charge in [-0.2, -0.15) is 13.9 Å². The molecule has 1 aliphatic heterocycles. The summed E-state index contributed by atoms with van der Waals surface area (Å²) in [6.07, 6.45) is 2.97. The van der Waals surface area contributed by atoms with Crippen molar-refractivity contribution in [1.82, 2.24) is 24.1 Å². The van der Waals surface area contributed by atoms with Crippen molar-refractivity contribution in [2.75, 3.05) is 13.1 Å². The Morgan fingerprint density at radius 1 is 1.27 bits per heavy atom. The molecule has 0 atom stereocenters. The number of ketones is 1. The number of nitrogens with zero attached hydrogens (tertiary/aromatic N) is 5. The van der Waals surface area contributed by atoms with E-state index < -0.39 is 10.0 Å². The molecule has 1 aromatic carbocycles. The van der Waals surface area contributed by atoms with Gasteiger partial charge in [0.15, 0.2) is 5.78 Å². The summed E-state index contributed by atoms with van der Waals surface area (Å²) in [5, 5.41) is 13.2. The second-order valence-electron chi connectivity index (χ2n) is 6.26. The fourth-order valence-corrected chi connectivity index (χ4v) is 5.61. The van der Waals surface area contributed by atoms with Crippen molar-refractivity contribution in [2.45, 2.75) is 30.6 Å². The molecule has 0 amide bonds. The fourth-order valence-electron chi connectivity index (χ4n) is 3.11. The number of benzene rings is 1. The van der Waals surface area contributed by atoms with Crippen LogP contribution in [0, 0.1) is 0 Å². The summed E-state index contributed by atoms with van der Waals surface area (Å²) in [6.45, 7) is 2.28. The minimum atomic E-state index is -3.60. The van der Waals surface area contributed by atoms with Gasteiger partial charge in [-0.15, -0.1) is 10.2 Å². The lowest BCUT2D eigenvalue weighted by molar-refractivity contribution is 0.101. The molecule has 1 fully saturated rings. The van der Waals surface area contributed by atoms with Crippen LogP contribution in [0.25, 0.3) is 4.96 Å². The highest BCUT2D eigenvalue weighted by Gasteiger charge is 2.31. The Labute approximate surface area is 154 Å². The largest absolute Gasteiger partial charge is 0.295 e. The van der Waals surface area contributed by atoms with Gasteiger partial charge in [-0.25, -0.2) is 8.42 Å². The van der Waals surface area contributed by atoms with E-state index in [1.807, 2.05) is 0 Å². The summed E-state index contributed by atoms with van der Waals surface area (Å²) in [5.41, 5.74) is 0.403. The van der Waals surface area contributed by atoms with Crippen LogP contribution in [0.5, 0.6) is 0 Å². The first-order valence-corrected chi connectivity index (χ1v) is 10.5. The van der Waals surface area contributed by atoms with E-state index >= 15 is 0 Å². The normalized spacial score (nSPS) is 17.0. The van der Waals surface area contributed by atoms with Crippen LogP contribution >= 0.6 is 11.3 Å². The molecule has 10 heteroatoms. The average Bonchev–Trinajstić information content (AvgIpc) is 3.24. The molecule has 0 bridgehead atoms. The Morgan fingerprint density at radius 3 is 2.73 bits per heavy atom. The molecular weight excluding hydrogens is 374 g/mol. The van der Waals surface area contributed by atoms with Crippen molar-refractivity contribution in [2.24, 2.45) is 0 Å². The minimum absolute atomic E-state index is 0.149. The molecule has 0 unspecified atom stereocenters. The van der Waals surface area contributed by atoms with Gasteiger partial charge in [-0.1, -0.05) is 23.5 Å². The monoisotopic (exact) mass is 391 g/mol. The predicted molar refractivity (Wildman–Crippen MR) is 95.8 cm³/mol. The van der Waals surface area contributed by atoms with Gasteiger partial charge in [0.2, 0.25) is 15.0 Å². The molecule has 4 rings (SSSR count). The summed E-state index contributed by atoms with van der Waals surface area (Å²) in [5.74, 6) is 0.0701. The number of sulfonamides is 1. The third-order valence-electron chi connectivity index (χ3n) is 4.58. The Bertz CT molecular complexity index is 1040. The molecule has 0 radical (unpaired) electrons. The van der Waals surface area contributed by atoms with E-state index in [1.165, 1.54) is 34.7 Å². The maximum absolute atomic E-state index is 12.9. The highest BCUT2D eigenvalue weighted by Crippen LogP contribution is 2.32. The molecule has 0 aliphatic carbocycles. The Balaban J connectivity index is 1.50. The Morgan fingerprint density at radius 2 is 2.04 bits per heavy atom. The van der Waals surface area contributed by atoms with Crippen molar-refractivity contribution < 1.29 is 13.2 Å². The van der Waals surface area contributed by atoms with Crippen LogP contribution in [0.3, 0.4) is 0 Å². The number of fused-ring (bicyclic) bond motifs is 1. The van der Waals surface area contributed by atoms with Gasteiger partial charge in [-0.05, 0) is 31.9 Å². The zero-order chi connectivity index (χ0) is 18.3. The summed E-state index contributed by atoms with van der Waals surface area (Å²) >= 11 is 1.49. The third-order valence-corrected chi connectivity index (χ3v) is 7.55. The highest BCUT2D eigenvalue weighted by atomic mass is 32.2. The van der Waals surface area contributed by atoms with Crippen molar-refractivity contribution >= 4 is 32.1 Å². The maximum Gasteiger partial charge on any atom is 0.243 e. The molecule has 26 heavy (non-hydrogen) atoms. The first-order chi connectivity index (χ1) is 12.4. The number of Topliss-reactive ketones (excluding diaryl/α,β-unsaturated/α-hetero) is 1. The van der Waals surface area contributed by atoms with Crippen molar-refractivity contribution in [3.05, 3.63) is 41.2 Å². The van der Waals surface area contributed by atoms with Gasteiger partial charge in [0.25, 0.3) is 0 Å². The zero-order valence-electron chi connectivity index (χ0n) is 14.1. The summed E-state index contributed by atoms with van der Waals surface area (Å²) in [6, 6.07) is 6.22. The molecular formula is C16H17N5O3S2. The number of aromatic nitrogens is 4. The first-order valence-electron chi connectivity index (χ1n) is 8.23. The first kappa shape index (κ1) is 17.3. The van der Waals surface area contributed by atoms with Crippen LogP contribution in [0.2, 0.25) is 0 Å². The Kier molecular flexibility index (Phi) is 4.33. The lowest BCUT2D eigenvalue weighted by Gasteiger charge is -2.30. The third kappa shape index (κ3) is 3.04. The van der Waals surface area contributed by atoms with Gasteiger partial charge in [0, 0.05) is 24.6 Å². The van der Waals surface area contributed by atoms with Crippen LogP contribution in [0.1, 0.15) is 41.0 Å². The van der Waals surface area contributed by atoms with Crippen LogP contribution in [0.15, 0.2) is 35.5 Å². The summed E-state index contributed by atoms with van der Waals surface area (Å²) in [7, 11) is -3.60. The smallest absolute Gasteiger partial charge is 0.243 e. The number of rotatable bonds is 4. The van der Waals surface area contributed by atoms with Gasteiger partial charge in [0.05, 0.1) is 4.90 Å². The van der Waals surface area contributed by atoms with E-state index in [0.29, 0.717) is 31.5 Å². The number of piperidine rings is 1. The van der Waals surface area contributed by atoms with E-state index in [1.54, 1.807) is 23.0 Å². The quantitative estimate of drug-likeness (QED) is 0.631. The van der Waals surface area contributed by atoms with E-state index in [9.17, 15) is 13.2 Å². The minimum Gasteiger partial charge on any atom is -0.295 e. The molecule has 0 saturated carbocycles. The van der Waals surface area contributed by atoms with Crippen LogP contribution in [-0.2, 0) is 10.0 Å². The average molecular weight is 391 g/mol. The zero-order valence-corrected chi connectivity index (χ0v) is 15.7. The second kappa shape index (κ2) is 6.53. The molecule has 136 valence electrons. The Hall–Kier alpha value is -2.17. The van der Waals surface area contributed by atoms with Crippen molar-refractivity contribution in [1.29, 1.82) is 0 Å². The van der Waals surface area contributed by atoms with Gasteiger partial charge in [0.1, 0.15) is 11.3 Å². The van der Waals surface area contributed by atoms with E-state index in [2.05, 4.69) is 15.3 Å². The topological polar surface area (TPSA) is 97.5 Å². The molecule has 8 nitrogen and oxygen atoms in total. The van der Waals surface area contributed by atoms with Crippen LogP contribution < -0.4 is 0 Å². The lowest BCUT2D eigenvalue weighted by Crippen LogP contribution is -2.37. The maximum atomic E-state index is 12.9. The molecule has 0 N–H and O–H groups in total. The predicted octanol–water partition coefficient (Wildman–Crippen LogP) is 1.96. The standard InChI is InChI=1S/C16H17N5O3S2/c1-11(22)13-3-2-4-14(9-13)26(23,24)20-7-5-12(6-8-20)15-19-21-10-17-18-16(21)25-15/h2-4,9-10,12H,5-8H2,1H3. The second-order valence-corrected chi connectivity index (χ2v) is 9.19. The van der Waals surface area contributed by atoms with E-state index in [0.717, 1.165) is 9.97 Å². The lowest BCUT2D eigenvalue weighted by atomic mass is 9.99. The number of carbonyl (C=O) groups excluding carboxylic acids is 1.